The van der Waals surface area contributed by atoms with E-state index in [2.05, 4.69) is 31.8 Å². The lowest BCUT2D eigenvalue weighted by molar-refractivity contribution is 0.302. The highest BCUT2D eigenvalue weighted by atomic mass is 14.9. The van der Waals surface area contributed by atoms with Crippen LogP contribution in [0.1, 0.15) is 65.2 Å². The molecular formula is C18H36N2. The Morgan fingerprint density at radius 3 is 2.70 bits per heavy atom. The van der Waals surface area contributed by atoms with E-state index in [4.69, 9.17) is 5.73 Å². The molecule has 2 nitrogen and oxygen atoms in total. The first kappa shape index (κ1) is 17.7. The zero-order valence-electron chi connectivity index (χ0n) is 13.7. The number of unbranched alkanes of at least 4 members (excludes halogenated alkanes) is 1. The molecule has 1 aliphatic carbocycles. The van der Waals surface area contributed by atoms with Gasteiger partial charge in [0, 0.05) is 6.04 Å². The van der Waals surface area contributed by atoms with E-state index in [0.717, 1.165) is 30.7 Å². The largest absolute Gasteiger partial charge is 0.330 e. The Hall–Kier alpha value is -0.340. The average Bonchev–Trinajstić information content (AvgIpc) is 2.64. The molecule has 1 aliphatic rings. The van der Waals surface area contributed by atoms with Gasteiger partial charge in [-0.05, 0) is 62.9 Å². The van der Waals surface area contributed by atoms with Gasteiger partial charge in [-0.25, -0.2) is 0 Å². The molecule has 0 bridgehead atoms. The molecule has 0 radical (unpaired) electrons. The van der Waals surface area contributed by atoms with Gasteiger partial charge in [0.25, 0.3) is 0 Å². The van der Waals surface area contributed by atoms with Gasteiger partial charge in [0.1, 0.15) is 0 Å². The van der Waals surface area contributed by atoms with Crippen LogP contribution in [0.4, 0.5) is 0 Å². The number of hydrogen-bond acceptors (Lipinski definition) is 2. The molecule has 0 amide bonds. The van der Waals surface area contributed by atoms with E-state index in [9.17, 15) is 0 Å². The summed E-state index contributed by atoms with van der Waals surface area (Å²) < 4.78 is 0. The Morgan fingerprint density at radius 1 is 1.30 bits per heavy atom. The third-order valence-electron chi connectivity index (χ3n) is 5.14. The van der Waals surface area contributed by atoms with Gasteiger partial charge in [-0.3, -0.25) is 0 Å². The number of rotatable bonds is 9. The predicted octanol–water partition coefficient (Wildman–Crippen LogP) is 4.11. The Balaban J connectivity index is 2.38. The van der Waals surface area contributed by atoms with E-state index < -0.39 is 0 Å². The molecule has 2 heteroatoms. The van der Waals surface area contributed by atoms with Crippen molar-refractivity contribution >= 4 is 0 Å². The molecule has 118 valence electrons. The van der Waals surface area contributed by atoms with Crippen LogP contribution in [-0.4, -0.2) is 19.1 Å². The van der Waals surface area contributed by atoms with Crippen LogP contribution in [0, 0.1) is 17.8 Å². The second kappa shape index (κ2) is 10.4. The Morgan fingerprint density at radius 2 is 2.05 bits per heavy atom. The summed E-state index contributed by atoms with van der Waals surface area (Å²) in [5.74, 6) is 2.45. The normalized spacial score (nSPS) is 28.9. The lowest BCUT2D eigenvalue weighted by atomic mass is 9.89. The quantitative estimate of drug-likeness (QED) is 0.493. The van der Waals surface area contributed by atoms with Crippen molar-refractivity contribution < 1.29 is 0 Å². The molecule has 3 N–H and O–H groups in total. The highest BCUT2D eigenvalue weighted by molar-refractivity contribution is 4.82. The third-order valence-corrected chi connectivity index (χ3v) is 5.14. The standard InChI is InChI=1S/C18H36N2/c1-4-6-8-18(7-5-2)20-14-17-12-11-16(13-19)10-9-15(17)3/h5,15-18,20H,2,4,6-14,19H2,1,3H3. The van der Waals surface area contributed by atoms with E-state index in [1.807, 2.05) is 0 Å². The second-order valence-electron chi connectivity index (χ2n) is 6.77. The summed E-state index contributed by atoms with van der Waals surface area (Å²) in [6.07, 6.45) is 12.4. The highest BCUT2D eigenvalue weighted by Gasteiger charge is 2.24. The van der Waals surface area contributed by atoms with Gasteiger partial charge < -0.3 is 11.1 Å². The summed E-state index contributed by atoms with van der Waals surface area (Å²) in [4.78, 5) is 0. The first-order chi connectivity index (χ1) is 9.71. The fourth-order valence-corrected chi connectivity index (χ4v) is 3.42. The summed E-state index contributed by atoms with van der Waals surface area (Å²) in [6, 6.07) is 0.633. The number of hydrogen-bond donors (Lipinski definition) is 2. The van der Waals surface area contributed by atoms with E-state index >= 15 is 0 Å². The molecular weight excluding hydrogens is 244 g/mol. The smallest absolute Gasteiger partial charge is 0.0102 e. The fraction of sp³-hybridized carbons (Fsp3) is 0.889. The maximum Gasteiger partial charge on any atom is 0.0102 e. The van der Waals surface area contributed by atoms with Crippen molar-refractivity contribution in [2.75, 3.05) is 13.1 Å². The molecule has 4 atom stereocenters. The topological polar surface area (TPSA) is 38.0 Å². The SMILES string of the molecule is C=CCC(CCCC)NCC1CCC(CN)CCC1C. The van der Waals surface area contributed by atoms with Crippen molar-refractivity contribution in [1.82, 2.24) is 5.32 Å². The van der Waals surface area contributed by atoms with Gasteiger partial charge in [-0.2, -0.15) is 0 Å². The zero-order valence-corrected chi connectivity index (χ0v) is 13.7. The first-order valence-electron chi connectivity index (χ1n) is 8.75. The molecule has 0 spiro atoms. The fourth-order valence-electron chi connectivity index (χ4n) is 3.42. The van der Waals surface area contributed by atoms with Crippen LogP contribution in [0.5, 0.6) is 0 Å². The van der Waals surface area contributed by atoms with Crippen LogP contribution in [0.15, 0.2) is 12.7 Å². The van der Waals surface area contributed by atoms with Crippen LogP contribution in [0.2, 0.25) is 0 Å². The summed E-state index contributed by atoms with van der Waals surface area (Å²) in [5.41, 5.74) is 5.85. The monoisotopic (exact) mass is 280 g/mol. The van der Waals surface area contributed by atoms with Gasteiger partial charge >= 0.3 is 0 Å². The molecule has 0 saturated heterocycles. The minimum atomic E-state index is 0.633. The maximum absolute atomic E-state index is 5.85. The summed E-state index contributed by atoms with van der Waals surface area (Å²) in [6.45, 7) is 10.7. The van der Waals surface area contributed by atoms with Gasteiger partial charge in [0.05, 0.1) is 0 Å². The molecule has 0 aromatic carbocycles. The van der Waals surface area contributed by atoms with Crippen molar-refractivity contribution in [3.63, 3.8) is 0 Å². The molecule has 20 heavy (non-hydrogen) atoms. The third kappa shape index (κ3) is 6.41. The van der Waals surface area contributed by atoms with Crippen molar-refractivity contribution in [3.05, 3.63) is 12.7 Å². The van der Waals surface area contributed by atoms with E-state index in [0.29, 0.717) is 6.04 Å². The van der Waals surface area contributed by atoms with Crippen LogP contribution in [0.3, 0.4) is 0 Å². The molecule has 1 fully saturated rings. The van der Waals surface area contributed by atoms with E-state index in [1.165, 1.54) is 51.5 Å². The average molecular weight is 280 g/mol. The molecule has 0 aromatic rings. The molecule has 1 saturated carbocycles. The lowest BCUT2D eigenvalue weighted by Gasteiger charge is -2.25. The van der Waals surface area contributed by atoms with Gasteiger partial charge in [0.15, 0.2) is 0 Å². The number of nitrogens with two attached hydrogens (primary N) is 1. The van der Waals surface area contributed by atoms with E-state index in [-0.39, 0.29) is 0 Å². The van der Waals surface area contributed by atoms with Crippen LogP contribution < -0.4 is 11.1 Å². The van der Waals surface area contributed by atoms with E-state index in [1.54, 1.807) is 0 Å². The Labute approximate surface area is 126 Å². The molecule has 0 aliphatic heterocycles. The second-order valence-corrected chi connectivity index (χ2v) is 6.77. The summed E-state index contributed by atoms with van der Waals surface area (Å²) in [7, 11) is 0. The van der Waals surface area contributed by atoms with Crippen LogP contribution >= 0.6 is 0 Å². The first-order valence-corrected chi connectivity index (χ1v) is 8.75. The van der Waals surface area contributed by atoms with Crippen LogP contribution in [0.25, 0.3) is 0 Å². The molecule has 0 aromatic heterocycles. The minimum absolute atomic E-state index is 0.633. The van der Waals surface area contributed by atoms with Crippen LogP contribution in [-0.2, 0) is 0 Å². The van der Waals surface area contributed by atoms with Crippen molar-refractivity contribution in [1.29, 1.82) is 0 Å². The van der Waals surface area contributed by atoms with Crippen molar-refractivity contribution in [2.45, 2.75) is 71.3 Å². The maximum atomic E-state index is 5.85. The predicted molar refractivity (Wildman–Crippen MR) is 89.8 cm³/mol. The van der Waals surface area contributed by atoms with Gasteiger partial charge in [-0.15, -0.1) is 6.58 Å². The summed E-state index contributed by atoms with van der Waals surface area (Å²) in [5, 5.41) is 3.81. The Kier molecular flexibility index (Phi) is 9.21. The minimum Gasteiger partial charge on any atom is -0.330 e. The highest BCUT2D eigenvalue weighted by Crippen LogP contribution is 2.31. The summed E-state index contributed by atoms with van der Waals surface area (Å²) >= 11 is 0. The van der Waals surface area contributed by atoms with Gasteiger partial charge in [-0.1, -0.05) is 39.2 Å². The Bertz CT molecular complexity index is 252. The molecule has 4 unspecified atom stereocenters. The molecule has 0 heterocycles. The van der Waals surface area contributed by atoms with Crippen molar-refractivity contribution in [3.8, 4) is 0 Å². The lowest BCUT2D eigenvalue weighted by Crippen LogP contribution is -2.35. The van der Waals surface area contributed by atoms with Crippen molar-refractivity contribution in [2.24, 2.45) is 23.5 Å². The molecule has 1 rings (SSSR count). The zero-order chi connectivity index (χ0) is 14.8. The van der Waals surface area contributed by atoms with Gasteiger partial charge in [0.2, 0.25) is 0 Å². The number of nitrogens with one attached hydrogen (secondary N) is 1.